The molecular formula is C5H9N2O2P. The molecule has 0 aromatic rings. The zero-order chi connectivity index (χ0) is 7.23. The molecule has 0 saturated carbocycles. The third kappa shape index (κ3) is 2.59. The zero-order valence-corrected chi connectivity index (χ0v) is 6.54. The largest absolute Gasteiger partial charge is 0.271 e. The molecular weight excluding hydrogens is 151 g/mol. The minimum atomic E-state index is 0.421. The van der Waals surface area contributed by atoms with Gasteiger partial charge in [-0.1, -0.05) is 0 Å². The third-order valence-corrected chi connectivity index (χ3v) is 1.92. The van der Waals surface area contributed by atoms with E-state index in [0.717, 1.165) is 12.8 Å². The highest BCUT2D eigenvalue weighted by Crippen LogP contribution is 2.24. The van der Waals surface area contributed by atoms with Gasteiger partial charge in [0.05, 0.1) is 25.7 Å². The van der Waals surface area contributed by atoms with Crippen LogP contribution >= 0.6 is 8.73 Å². The van der Waals surface area contributed by atoms with Crippen molar-refractivity contribution < 1.29 is 9.68 Å². The molecule has 0 N–H and O–H groups in total. The van der Waals surface area contributed by atoms with E-state index in [2.05, 4.69) is 0 Å². The summed E-state index contributed by atoms with van der Waals surface area (Å²) in [6.45, 7) is 1.18. The van der Waals surface area contributed by atoms with Crippen molar-refractivity contribution in [1.82, 2.24) is 5.00 Å². The average Bonchev–Trinajstić information content (AvgIpc) is 2.41. The van der Waals surface area contributed by atoms with Crippen LogP contribution in [0.25, 0.3) is 0 Å². The normalized spacial score (nSPS) is 21.5. The highest BCUT2D eigenvalue weighted by atomic mass is 31.1. The first kappa shape index (κ1) is 7.90. The molecule has 0 radical (unpaired) electrons. The highest BCUT2D eigenvalue weighted by Gasteiger charge is 2.11. The summed E-state index contributed by atoms with van der Waals surface area (Å²) in [7, 11) is 0.590. The summed E-state index contributed by atoms with van der Waals surface area (Å²) in [4.78, 5) is 11.5. The quantitative estimate of drug-likeness (QED) is 0.449. The van der Waals surface area contributed by atoms with Crippen molar-refractivity contribution in [1.29, 1.82) is 5.26 Å². The summed E-state index contributed by atoms with van der Waals surface area (Å²) < 4.78 is 0. The summed E-state index contributed by atoms with van der Waals surface area (Å²) >= 11 is 0. The fourth-order valence-electron chi connectivity index (χ4n) is 0.568. The molecule has 1 rings (SSSR count). The molecule has 5 heteroatoms. The van der Waals surface area contributed by atoms with Crippen molar-refractivity contribution in [2.75, 3.05) is 19.4 Å². The maximum atomic E-state index is 8.15. The summed E-state index contributed by atoms with van der Waals surface area (Å²) in [5, 5.41) is 8.15. The van der Waals surface area contributed by atoms with Crippen molar-refractivity contribution in [2.24, 2.45) is 0 Å². The van der Waals surface area contributed by atoms with E-state index in [-0.39, 0.29) is 0 Å². The van der Waals surface area contributed by atoms with Crippen molar-refractivity contribution in [3.8, 4) is 6.07 Å². The van der Waals surface area contributed by atoms with Crippen molar-refractivity contribution in [3.63, 3.8) is 0 Å². The Balaban J connectivity index is 1.97. The maximum Gasteiger partial charge on any atom is 0.0844 e. The van der Waals surface area contributed by atoms with Crippen LogP contribution in [0.4, 0.5) is 0 Å². The van der Waals surface area contributed by atoms with E-state index >= 15 is 0 Å². The number of nitriles is 1. The van der Waals surface area contributed by atoms with E-state index in [4.69, 9.17) is 14.9 Å². The molecule has 1 atom stereocenters. The van der Waals surface area contributed by atoms with E-state index in [1.807, 2.05) is 6.07 Å². The number of hydrogen-bond donors (Lipinski definition) is 0. The minimum absolute atomic E-state index is 0.421. The molecule has 1 unspecified atom stereocenters. The lowest BCUT2D eigenvalue weighted by Gasteiger charge is -2.10. The maximum absolute atomic E-state index is 8.15. The van der Waals surface area contributed by atoms with Crippen molar-refractivity contribution >= 4 is 8.73 Å². The fraction of sp³-hybridized carbons (Fsp3) is 0.800. The van der Waals surface area contributed by atoms with Crippen LogP contribution in [-0.4, -0.2) is 24.4 Å². The number of hydrogen-bond acceptors (Lipinski definition) is 4. The first-order chi connectivity index (χ1) is 4.93. The van der Waals surface area contributed by atoms with E-state index in [9.17, 15) is 0 Å². The van der Waals surface area contributed by atoms with Gasteiger partial charge in [0.25, 0.3) is 0 Å². The Labute approximate surface area is 61.5 Å². The summed E-state index contributed by atoms with van der Waals surface area (Å²) in [6, 6.07) is 1.99. The van der Waals surface area contributed by atoms with Gasteiger partial charge in [0.15, 0.2) is 0 Å². The van der Waals surface area contributed by atoms with Crippen LogP contribution in [0.5, 0.6) is 0 Å². The van der Waals surface area contributed by atoms with Gasteiger partial charge in [0.2, 0.25) is 0 Å². The highest BCUT2D eigenvalue weighted by molar-refractivity contribution is 7.35. The zero-order valence-electron chi connectivity index (χ0n) is 5.54. The monoisotopic (exact) mass is 160 g/mol. The van der Waals surface area contributed by atoms with Crippen molar-refractivity contribution in [2.45, 2.75) is 6.42 Å². The molecule has 10 heavy (non-hydrogen) atoms. The van der Waals surface area contributed by atoms with Gasteiger partial charge in [-0.15, -0.1) is 0 Å². The van der Waals surface area contributed by atoms with Gasteiger partial charge in [-0.3, -0.25) is 9.68 Å². The van der Waals surface area contributed by atoms with E-state index < -0.39 is 0 Å². The lowest BCUT2D eigenvalue weighted by molar-refractivity contribution is -0.283. The van der Waals surface area contributed by atoms with Gasteiger partial charge < -0.3 is 0 Å². The fourth-order valence-corrected chi connectivity index (χ4v) is 1.30. The standard InChI is InChI=1S/C5H9N2O2P/c6-2-1-3-8-7-9-4-5-10-7/h10H,1,3-5H2. The van der Waals surface area contributed by atoms with Crippen LogP contribution in [0.1, 0.15) is 6.42 Å². The predicted octanol–water partition coefficient (Wildman–Crippen LogP) is 0.672. The van der Waals surface area contributed by atoms with Gasteiger partial charge in [-0.2, -0.15) is 5.26 Å². The molecule has 56 valence electrons. The Kier molecular flexibility index (Phi) is 3.63. The molecule has 4 nitrogen and oxygen atoms in total. The summed E-state index contributed by atoms with van der Waals surface area (Å²) in [5.74, 6) is 0. The summed E-state index contributed by atoms with van der Waals surface area (Å²) in [6.07, 6.45) is 1.46. The van der Waals surface area contributed by atoms with E-state index in [0.29, 0.717) is 21.8 Å². The molecule has 0 amide bonds. The molecule has 1 saturated heterocycles. The van der Waals surface area contributed by atoms with E-state index in [1.165, 1.54) is 5.00 Å². The Bertz CT molecular complexity index is 130. The second kappa shape index (κ2) is 4.59. The third-order valence-electron chi connectivity index (χ3n) is 0.974. The van der Waals surface area contributed by atoms with Crippen LogP contribution in [0.2, 0.25) is 0 Å². The number of rotatable bonds is 3. The molecule has 1 aliphatic rings. The van der Waals surface area contributed by atoms with Crippen LogP contribution in [0, 0.1) is 11.3 Å². The molecule has 0 aliphatic carbocycles. The lowest BCUT2D eigenvalue weighted by Crippen LogP contribution is -2.10. The van der Waals surface area contributed by atoms with Crippen molar-refractivity contribution in [3.05, 3.63) is 0 Å². The summed E-state index contributed by atoms with van der Waals surface area (Å²) in [5.41, 5.74) is 0. The lowest BCUT2D eigenvalue weighted by atomic mass is 10.5. The van der Waals surface area contributed by atoms with Gasteiger partial charge in [0.1, 0.15) is 0 Å². The Morgan fingerprint density at radius 2 is 2.70 bits per heavy atom. The average molecular weight is 160 g/mol. The second-order valence-electron chi connectivity index (χ2n) is 1.74. The number of nitrogens with zero attached hydrogens (tertiary/aromatic N) is 2. The van der Waals surface area contributed by atoms with Gasteiger partial charge >= 0.3 is 0 Å². The topological polar surface area (TPSA) is 45.5 Å². The first-order valence-corrected chi connectivity index (χ1v) is 4.25. The molecule has 0 spiro atoms. The smallest absolute Gasteiger partial charge is 0.0844 e. The van der Waals surface area contributed by atoms with E-state index in [1.54, 1.807) is 0 Å². The predicted molar refractivity (Wildman–Crippen MR) is 37.2 cm³/mol. The van der Waals surface area contributed by atoms with Crippen LogP contribution in [0.3, 0.4) is 0 Å². The molecule has 0 aromatic heterocycles. The molecule has 0 bridgehead atoms. The molecule has 1 heterocycles. The Hall–Kier alpha value is -0.200. The Morgan fingerprint density at radius 3 is 3.30 bits per heavy atom. The first-order valence-electron chi connectivity index (χ1n) is 3.10. The van der Waals surface area contributed by atoms with Gasteiger partial charge in [0, 0.05) is 14.9 Å². The molecule has 1 fully saturated rings. The Morgan fingerprint density at radius 1 is 1.80 bits per heavy atom. The van der Waals surface area contributed by atoms with Gasteiger partial charge in [-0.25, -0.2) is 0 Å². The molecule has 0 aromatic carbocycles. The second-order valence-corrected chi connectivity index (χ2v) is 2.92. The van der Waals surface area contributed by atoms with Crippen LogP contribution in [0.15, 0.2) is 0 Å². The SMILES string of the molecule is N#CCCON1OCCP1. The van der Waals surface area contributed by atoms with Crippen LogP contribution < -0.4 is 0 Å². The minimum Gasteiger partial charge on any atom is -0.271 e. The van der Waals surface area contributed by atoms with Gasteiger partial charge in [-0.05, 0) is 5.00 Å². The van der Waals surface area contributed by atoms with Crippen LogP contribution in [-0.2, 0) is 9.68 Å². The molecule has 1 aliphatic heterocycles.